The standard InChI is InChI=1S/C9H14FN3/c1-13-8(4-6-12-13)9(10)7-3-2-5-11-7/h4,6-7,9,11H,2-3,5H2,1H3. The van der Waals surface area contributed by atoms with Crippen LogP contribution in [0.2, 0.25) is 0 Å². The van der Waals surface area contributed by atoms with E-state index >= 15 is 0 Å². The molecule has 2 heterocycles. The van der Waals surface area contributed by atoms with Crippen LogP contribution < -0.4 is 5.32 Å². The van der Waals surface area contributed by atoms with E-state index < -0.39 is 6.17 Å². The Hall–Kier alpha value is -0.900. The molecule has 4 heteroatoms. The van der Waals surface area contributed by atoms with Crippen molar-refractivity contribution < 1.29 is 4.39 Å². The van der Waals surface area contributed by atoms with E-state index in [0.717, 1.165) is 19.4 Å². The van der Waals surface area contributed by atoms with Gasteiger partial charge < -0.3 is 5.32 Å². The fourth-order valence-corrected chi connectivity index (χ4v) is 1.82. The zero-order valence-corrected chi connectivity index (χ0v) is 7.70. The number of halogens is 1. The molecule has 72 valence electrons. The molecule has 1 aromatic heterocycles. The number of aromatic nitrogens is 2. The Kier molecular flexibility index (Phi) is 2.31. The second kappa shape index (κ2) is 3.46. The minimum atomic E-state index is -0.921. The van der Waals surface area contributed by atoms with Gasteiger partial charge in [0.15, 0.2) is 6.17 Å². The summed E-state index contributed by atoms with van der Waals surface area (Å²) >= 11 is 0. The molecular formula is C9H14FN3. The quantitative estimate of drug-likeness (QED) is 0.746. The Bertz CT molecular complexity index is 278. The van der Waals surface area contributed by atoms with Crippen LogP contribution in [0.3, 0.4) is 0 Å². The Labute approximate surface area is 76.9 Å². The molecule has 0 amide bonds. The SMILES string of the molecule is Cn1nccc1C(F)C1CCCN1. The first-order valence-electron chi connectivity index (χ1n) is 4.64. The van der Waals surface area contributed by atoms with Crippen LogP contribution in [0.25, 0.3) is 0 Å². The summed E-state index contributed by atoms with van der Waals surface area (Å²) in [7, 11) is 1.77. The molecule has 1 aliphatic rings. The highest BCUT2D eigenvalue weighted by molar-refractivity contribution is 5.07. The first-order valence-corrected chi connectivity index (χ1v) is 4.64. The van der Waals surface area contributed by atoms with Gasteiger partial charge in [0.05, 0.1) is 5.69 Å². The van der Waals surface area contributed by atoms with Gasteiger partial charge in [-0.25, -0.2) is 4.39 Å². The molecule has 3 nitrogen and oxygen atoms in total. The van der Waals surface area contributed by atoms with E-state index in [-0.39, 0.29) is 6.04 Å². The topological polar surface area (TPSA) is 29.9 Å². The third kappa shape index (κ3) is 1.58. The van der Waals surface area contributed by atoms with E-state index in [1.165, 1.54) is 0 Å². The van der Waals surface area contributed by atoms with Crippen molar-refractivity contribution in [3.8, 4) is 0 Å². The second-order valence-electron chi connectivity index (χ2n) is 3.48. The molecule has 1 N–H and O–H groups in total. The highest BCUT2D eigenvalue weighted by Crippen LogP contribution is 2.25. The Morgan fingerprint density at radius 3 is 3.15 bits per heavy atom. The molecule has 1 aliphatic heterocycles. The summed E-state index contributed by atoms with van der Waals surface area (Å²) in [6.07, 6.45) is 2.71. The summed E-state index contributed by atoms with van der Waals surface area (Å²) in [5, 5.41) is 7.11. The largest absolute Gasteiger partial charge is 0.311 e. The van der Waals surface area contributed by atoms with E-state index in [1.807, 2.05) is 0 Å². The third-order valence-electron chi connectivity index (χ3n) is 2.59. The number of hydrogen-bond donors (Lipinski definition) is 1. The Balaban J connectivity index is 2.12. The number of nitrogens with zero attached hydrogens (tertiary/aromatic N) is 2. The van der Waals surface area contributed by atoms with Gasteiger partial charge in [-0.15, -0.1) is 0 Å². The predicted molar refractivity (Wildman–Crippen MR) is 48.1 cm³/mol. The first kappa shape index (κ1) is 8.69. The summed E-state index contributed by atoms with van der Waals surface area (Å²) in [6.45, 7) is 0.933. The number of aryl methyl sites for hydroxylation is 1. The summed E-state index contributed by atoms with van der Waals surface area (Å²) in [5.41, 5.74) is 0.666. The van der Waals surface area contributed by atoms with Crippen molar-refractivity contribution in [1.29, 1.82) is 0 Å². The predicted octanol–water partition coefficient (Wildman–Crippen LogP) is 1.18. The average Bonchev–Trinajstić information content (AvgIpc) is 2.72. The molecule has 2 rings (SSSR count). The van der Waals surface area contributed by atoms with E-state index in [9.17, 15) is 4.39 Å². The van der Waals surface area contributed by atoms with Gasteiger partial charge in [0.1, 0.15) is 0 Å². The maximum Gasteiger partial charge on any atom is 0.157 e. The summed E-state index contributed by atoms with van der Waals surface area (Å²) in [6, 6.07) is 1.72. The van der Waals surface area contributed by atoms with Crippen LogP contribution in [-0.4, -0.2) is 22.4 Å². The van der Waals surface area contributed by atoms with Gasteiger partial charge >= 0.3 is 0 Å². The van der Waals surface area contributed by atoms with Gasteiger partial charge in [-0.1, -0.05) is 0 Å². The first-order chi connectivity index (χ1) is 6.29. The fraction of sp³-hybridized carbons (Fsp3) is 0.667. The number of nitrogens with one attached hydrogen (secondary N) is 1. The summed E-state index contributed by atoms with van der Waals surface area (Å²) in [4.78, 5) is 0. The minimum absolute atomic E-state index is 0.0181. The zero-order valence-electron chi connectivity index (χ0n) is 7.70. The molecule has 0 aliphatic carbocycles. The van der Waals surface area contributed by atoms with Crippen LogP contribution in [0.4, 0.5) is 4.39 Å². The molecule has 2 unspecified atom stereocenters. The van der Waals surface area contributed by atoms with E-state index in [4.69, 9.17) is 0 Å². The zero-order chi connectivity index (χ0) is 9.26. The number of rotatable bonds is 2. The van der Waals surface area contributed by atoms with Crippen molar-refractivity contribution in [3.05, 3.63) is 18.0 Å². The lowest BCUT2D eigenvalue weighted by atomic mass is 10.1. The van der Waals surface area contributed by atoms with Gasteiger partial charge in [-0.2, -0.15) is 5.10 Å². The minimum Gasteiger partial charge on any atom is -0.311 e. The van der Waals surface area contributed by atoms with Crippen molar-refractivity contribution in [2.24, 2.45) is 7.05 Å². The van der Waals surface area contributed by atoms with E-state index in [1.54, 1.807) is 24.0 Å². The maximum atomic E-state index is 13.8. The van der Waals surface area contributed by atoms with Gasteiger partial charge in [0.25, 0.3) is 0 Å². The summed E-state index contributed by atoms with van der Waals surface area (Å²) in [5.74, 6) is 0. The summed E-state index contributed by atoms with van der Waals surface area (Å²) < 4.78 is 15.4. The Morgan fingerprint density at radius 2 is 2.62 bits per heavy atom. The molecular weight excluding hydrogens is 169 g/mol. The molecule has 0 saturated carbocycles. The van der Waals surface area contributed by atoms with Crippen molar-refractivity contribution >= 4 is 0 Å². The van der Waals surface area contributed by atoms with Crippen LogP contribution in [-0.2, 0) is 7.05 Å². The molecule has 0 spiro atoms. The molecule has 0 bridgehead atoms. The number of alkyl halides is 1. The monoisotopic (exact) mass is 183 g/mol. The van der Waals surface area contributed by atoms with Crippen LogP contribution >= 0.6 is 0 Å². The van der Waals surface area contributed by atoms with Crippen molar-refractivity contribution in [2.75, 3.05) is 6.54 Å². The highest BCUT2D eigenvalue weighted by Gasteiger charge is 2.27. The second-order valence-corrected chi connectivity index (χ2v) is 3.48. The normalized spacial score (nSPS) is 24.9. The lowest BCUT2D eigenvalue weighted by Gasteiger charge is -2.15. The average molecular weight is 183 g/mol. The Morgan fingerprint density at radius 1 is 1.77 bits per heavy atom. The van der Waals surface area contributed by atoms with Crippen LogP contribution in [0.1, 0.15) is 24.7 Å². The fourth-order valence-electron chi connectivity index (χ4n) is 1.82. The van der Waals surface area contributed by atoms with Crippen molar-refractivity contribution in [3.63, 3.8) is 0 Å². The maximum absolute atomic E-state index is 13.8. The molecule has 13 heavy (non-hydrogen) atoms. The third-order valence-corrected chi connectivity index (χ3v) is 2.59. The molecule has 2 atom stereocenters. The van der Waals surface area contributed by atoms with E-state index in [2.05, 4.69) is 10.4 Å². The molecule has 0 aromatic carbocycles. The van der Waals surface area contributed by atoms with Crippen LogP contribution in [0.5, 0.6) is 0 Å². The van der Waals surface area contributed by atoms with Gasteiger partial charge in [0.2, 0.25) is 0 Å². The highest BCUT2D eigenvalue weighted by atomic mass is 19.1. The van der Waals surface area contributed by atoms with Gasteiger partial charge in [-0.3, -0.25) is 4.68 Å². The molecule has 1 aromatic rings. The lowest BCUT2D eigenvalue weighted by molar-refractivity contribution is 0.257. The molecule has 0 radical (unpaired) electrons. The van der Waals surface area contributed by atoms with Gasteiger partial charge in [-0.05, 0) is 25.5 Å². The van der Waals surface area contributed by atoms with Crippen molar-refractivity contribution in [1.82, 2.24) is 15.1 Å². The van der Waals surface area contributed by atoms with Crippen molar-refractivity contribution in [2.45, 2.75) is 25.1 Å². The van der Waals surface area contributed by atoms with Crippen LogP contribution in [0, 0.1) is 0 Å². The van der Waals surface area contributed by atoms with Gasteiger partial charge in [0, 0.05) is 19.3 Å². The smallest absolute Gasteiger partial charge is 0.157 e. The molecule has 1 saturated heterocycles. The van der Waals surface area contributed by atoms with E-state index in [0.29, 0.717) is 5.69 Å². The number of hydrogen-bond acceptors (Lipinski definition) is 2. The lowest BCUT2D eigenvalue weighted by Crippen LogP contribution is -2.27. The molecule has 1 fully saturated rings. The van der Waals surface area contributed by atoms with Crippen LogP contribution in [0.15, 0.2) is 12.3 Å².